The molecule has 0 saturated carbocycles. The average Bonchev–Trinajstić information content (AvgIpc) is 2.39. The molecule has 18 heavy (non-hydrogen) atoms. The smallest absolute Gasteiger partial charge is 0.239 e. The van der Waals surface area contributed by atoms with Crippen LogP contribution >= 0.6 is 0 Å². The van der Waals surface area contributed by atoms with Crippen LogP contribution in [0.2, 0.25) is 0 Å². The van der Waals surface area contributed by atoms with Gasteiger partial charge in [-0.15, -0.1) is 0 Å². The monoisotopic (exact) mass is 254 g/mol. The van der Waals surface area contributed by atoms with E-state index in [0.29, 0.717) is 6.54 Å². The Labute approximate surface area is 110 Å². The highest BCUT2D eigenvalue weighted by molar-refractivity contribution is 5.86. The van der Waals surface area contributed by atoms with E-state index in [1.807, 2.05) is 6.92 Å². The Hall–Kier alpha value is -1.26. The first-order valence-electron chi connectivity index (χ1n) is 6.89. The van der Waals surface area contributed by atoms with Crippen molar-refractivity contribution in [2.24, 2.45) is 10.9 Å². The predicted molar refractivity (Wildman–Crippen MR) is 74.6 cm³/mol. The van der Waals surface area contributed by atoms with Gasteiger partial charge in [0.25, 0.3) is 0 Å². The standard InChI is InChI=1S/C13H26N4O/c1-4-7-15-12(18)10-16-13(14-3)17-8-5-11(2)6-9-17/h11H,4-10H2,1-3H3,(H,14,16)(H,15,18). The van der Waals surface area contributed by atoms with Crippen LogP contribution in [0.3, 0.4) is 0 Å². The number of hydrogen-bond acceptors (Lipinski definition) is 2. The van der Waals surface area contributed by atoms with Gasteiger partial charge in [-0.25, -0.2) is 0 Å². The van der Waals surface area contributed by atoms with Crippen molar-refractivity contribution in [2.75, 3.05) is 33.2 Å². The molecule has 0 unspecified atom stereocenters. The Morgan fingerprint density at radius 3 is 2.56 bits per heavy atom. The molecule has 0 aliphatic carbocycles. The van der Waals surface area contributed by atoms with Crippen LogP contribution in [-0.2, 0) is 4.79 Å². The molecule has 0 radical (unpaired) electrons. The lowest BCUT2D eigenvalue weighted by molar-refractivity contribution is -0.120. The first-order valence-corrected chi connectivity index (χ1v) is 6.89. The number of nitrogens with one attached hydrogen (secondary N) is 2. The highest BCUT2D eigenvalue weighted by Crippen LogP contribution is 2.15. The van der Waals surface area contributed by atoms with Crippen LogP contribution in [0, 0.1) is 5.92 Å². The molecule has 0 spiro atoms. The van der Waals surface area contributed by atoms with Crippen molar-refractivity contribution < 1.29 is 4.79 Å². The van der Waals surface area contributed by atoms with Crippen LogP contribution in [0.1, 0.15) is 33.1 Å². The van der Waals surface area contributed by atoms with Crippen molar-refractivity contribution in [1.29, 1.82) is 0 Å². The summed E-state index contributed by atoms with van der Waals surface area (Å²) in [6, 6.07) is 0. The van der Waals surface area contributed by atoms with E-state index in [9.17, 15) is 4.79 Å². The van der Waals surface area contributed by atoms with Crippen molar-refractivity contribution in [3.8, 4) is 0 Å². The summed E-state index contributed by atoms with van der Waals surface area (Å²) in [6.07, 6.45) is 3.36. The molecule has 1 aliphatic heterocycles. The minimum Gasteiger partial charge on any atom is -0.355 e. The van der Waals surface area contributed by atoms with E-state index in [4.69, 9.17) is 0 Å². The zero-order valence-electron chi connectivity index (χ0n) is 11.8. The van der Waals surface area contributed by atoms with Gasteiger partial charge < -0.3 is 15.5 Å². The van der Waals surface area contributed by atoms with E-state index in [1.54, 1.807) is 7.05 Å². The number of carbonyl (C=O) groups is 1. The minimum absolute atomic E-state index is 0.0309. The van der Waals surface area contributed by atoms with Crippen LogP contribution in [-0.4, -0.2) is 50.0 Å². The minimum atomic E-state index is 0.0309. The molecular formula is C13H26N4O. The number of carbonyl (C=O) groups excluding carboxylic acids is 1. The maximum Gasteiger partial charge on any atom is 0.239 e. The normalized spacial score (nSPS) is 17.7. The molecule has 1 fully saturated rings. The Kier molecular flexibility index (Phi) is 6.54. The largest absolute Gasteiger partial charge is 0.355 e. The van der Waals surface area contributed by atoms with Gasteiger partial charge in [0.05, 0.1) is 6.54 Å². The summed E-state index contributed by atoms with van der Waals surface area (Å²) in [4.78, 5) is 18.0. The van der Waals surface area contributed by atoms with Gasteiger partial charge >= 0.3 is 0 Å². The lowest BCUT2D eigenvalue weighted by Crippen LogP contribution is -2.48. The highest BCUT2D eigenvalue weighted by Gasteiger charge is 2.18. The number of piperidine rings is 1. The van der Waals surface area contributed by atoms with Crippen LogP contribution in [0.25, 0.3) is 0 Å². The molecule has 1 aliphatic rings. The Morgan fingerprint density at radius 1 is 1.33 bits per heavy atom. The molecule has 2 N–H and O–H groups in total. The van der Waals surface area contributed by atoms with Crippen molar-refractivity contribution >= 4 is 11.9 Å². The van der Waals surface area contributed by atoms with E-state index in [1.165, 1.54) is 12.8 Å². The molecular weight excluding hydrogens is 228 g/mol. The molecule has 0 atom stereocenters. The number of hydrogen-bond donors (Lipinski definition) is 2. The fourth-order valence-corrected chi connectivity index (χ4v) is 2.04. The summed E-state index contributed by atoms with van der Waals surface area (Å²) in [6.45, 7) is 7.42. The van der Waals surface area contributed by atoms with Gasteiger partial charge in [-0.1, -0.05) is 13.8 Å². The van der Waals surface area contributed by atoms with Gasteiger partial charge in [0.2, 0.25) is 5.91 Å². The first kappa shape index (κ1) is 14.8. The van der Waals surface area contributed by atoms with Crippen LogP contribution < -0.4 is 10.6 Å². The number of aliphatic imine (C=N–C) groups is 1. The Bertz CT molecular complexity index is 283. The molecule has 0 aromatic rings. The third kappa shape index (κ3) is 4.94. The summed E-state index contributed by atoms with van der Waals surface area (Å²) in [7, 11) is 1.77. The van der Waals surface area contributed by atoms with E-state index < -0.39 is 0 Å². The predicted octanol–water partition coefficient (Wildman–Crippen LogP) is 0.820. The Morgan fingerprint density at radius 2 is 2.00 bits per heavy atom. The quantitative estimate of drug-likeness (QED) is 0.577. The molecule has 1 rings (SSSR count). The van der Waals surface area contributed by atoms with E-state index in [2.05, 4.69) is 27.4 Å². The highest BCUT2D eigenvalue weighted by atomic mass is 16.1. The van der Waals surface area contributed by atoms with Crippen molar-refractivity contribution in [1.82, 2.24) is 15.5 Å². The van der Waals surface area contributed by atoms with E-state index in [0.717, 1.165) is 37.9 Å². The fourth-order valence-electron chi connectivity index (χ4n) is 2.04. The SMILES string of the molecule is CCCNC(=O)CNC(=NC)N1CCC(C)CC1. The third-order valence-electron chi connectivity index (χ3n) is 3.27. The Balaban J connectivity index is 2.32. The molecule has 1 amide bonds. The third-order valence-corrected chi connectivity index (χ3v) is 3.27. The second kappa shape index (κ2) is 7.95. The number of amides is 1. The maximum atomic E-state index is 11.5. The lowest BCUT2D eigenvalue weighted by Gasteiger charge is -2.32. The summed E-state index contributed by atoms with van der Waals surface area (Å²) < 4.78 is 0. The topological polar surface area (TPSA) is 56.7 Å². The van der Waals surface area contributed by atoms with E-state index >= 15 is 0 Å². The second-order valence-electron chi connectivity index (χ2n) is 4.92. The lowest BCUT2D eigenvalue weighted by atomic mass is 10.00. The van der Waals surface area contributed by atoms with Gasteiger partial charge in [0, 0.05) is 26.7 Å². The van der Waals surface area contributed by atoms with E-state index in [-0.39, 0.29) is 5.91 Å². The summed E-state index contributed by atoms with van der Waals surface area (Å²) >= 11 is 0. The number of likely N-dealkylation sites (tertiary alicyclic amines) is 1. The van der Waals surface area contributed by atoms with Crippen molar-refractivity contribution in [2.45, 2.75) is 33.1 Å². The molecule has 0 aromatic heterocycles. The molecule has 5 heteroatoms. The summed E-state index contributed by atoms with van der Waals surface area (Å²) in [5, 5.41) is 5.97. The fraction of sp³-hybridized carbons (Fsp3) is 0.846. The number of rotatable bonds is 4. The van der Waals surface area contributed by atoms with Gasteiger partial charge in [-0.05, 0) is 25.2 Å². The van der Waals surface area contributed by atoms with Gasteiger partial charge in [0.15, 0.2) is 5.96 Å². The molecule has 0 aromatic carbocycles. The maximum absolute atomic E-state index is 11.5. The average molecular weight is 254 g/mol. The first-order chi connectivity index (χ1) is 8.67. The molecule has 5 nitrogen and oxygen atoms in total. The van der Waals surface area contributed by atoms with Crippen molar-refractivity contribution in [3.63, 3.8) is 0 Å². The second-order valence-corrected chi connectivity index (χ2v) is 4.92. The van der Waals surface area contributed by atoms with Crippen LogP contribution in [0.5, 0.6) is 0 Å². The number of nitrogens with zero attached hydrogens (tertiary/aromatic N) is 2. The van der Waals surface area contributed by atoms with Crippen LogP contribution in [0.4, 0.5) is 0 Å². The molecule has 1 heterocycles. The zero-order valence-corrected chi connectivity index (χ0v) is 11.8. The summed E-state index contributed by atoms with van der Waals surface area (Å²) in [5.74, 6) is 1.67. The van der Waals surface area contributed by atoms with Crippen LogP contribution in [0.15, 0.2) is 4.99 Å². The summed E-state index contributed by atoms with van der Waals surface area (Å²) in [5.41, 5.74) is 0. The van der Waals surface area contributed by atoms with Gasteiger partial charge in [0.1, 0.15) is 0 Å². The zero-order chi connectivity index (χ0) is 13.4. The molecule has 0 bridgehead atoms. The van der Waals surface area contributed by atoms with Crippen molar-refractivity contribution in [3.05, 3.63) is 0 Å². The molecule has 1 saturated heterocycles. The van der Waals surface area contributed by atoms with Gasteiger partial charge in [-0.3, -0.25) is 9.79 Å². The molecule has 104 valence electrons. The van der Waals surface area contributed by atoms with Gasteiger partial charge in [-0.2, -0.15) is 0 Å². The number of guanidine groups is 1.